The third-order valence-corrected chi connectivity index (χ3v) is 1.34. The van der Waals surface area contributed by atoms with E-state index in [0.29, 0.717) is 0 Å². The Morgan fingerprint density at radius 1 is 1.83 bits per heavy atom. The minimum atomic E-state index is -0.757. The Bertz CT molecular complexity index is 48.8. The van der Waals surface area contributed by atoms with Crippen LogP contribution in [0.15, 0.2) is 4.95 Å². The quantitative estimate of drug-likeness (QED) is 0.420. The summed E-state index contributed by atoms with van der Waals surface area (Å²) in [6.07, 6.45) is 0. The van der Waals surface area contributed by atoms with Gasteiger partial charge in [-0.15, -0.1) is 4.91 Å². The van der Waals surface area contributed by atoms with Crippen LogP contribution in [0, 0.1) is 4.91 Å². The maximum absolute atomic E-state index is 9.45. The molecule has 0 aliphatic carbocycles. The van der Waals surface area contributed by atoms with Crippen molar-refractivity contribution in [1.29, 1.82) is 0 Å². The zero-order valence-corrected chi connectivity index (χ0v) is 4.70. The number of hydrogen-bond acceptors (Lipinski definition) is 3. The summed E-state index contributed by atoms with van der Waals surface area (Å²) in [5, 5.41) is 2.70. The molecule has 0 rings (SSSR count). The fourth-order valence-corrected chi connectivity index (χ4v) is 0.122. The third-order valence-electron chi connectivity index (χ3n) is 0.446. The molecule has 6 heavy (non-hydrogen) atoms. The smallest absolute Gasteiger partial charge is 0.132 e. The summed E-state index contributed by atoms with van der Waals surface area (Å²) in [6, 6.07) is 0. The van der Waals surface area contributed by atoms with Crippen molar-refractivity contribution in [2.75, 3.05) is 13.7 Å². The monoisotopic (exact) mass is 106 g/mol. The lowest BCUT2D eigenvalue weighted by atomic mass is 11.6. The summed E-state index contributed by atoms with van der Waals surface area (Å²) >= 11 is 0. The molecule has 0 saturated carbocycles. The van der Waals surface area contributed by atoms with Gasteiger partial charge in [0.05, 0.1) is 0 Å². The van der Waals surface area contributed by atoms with Crippen molar-refractivity contribution in [3.8, 4) is 0 Å². The lowest BCUT2D eigenvalue weighted by Crippen LogP contribution is -1.91. The van der Waals surface area contributed by atoms with E-state index >= 15 is 0 Å². The van der Waals surface area contributed by atoms with Crippen molar-refractivity contribution in [3.05, 3.63) is 4.91 Å². The Morgan fingerprint density at radius 2 is 2.33 bits per heavy atom. The van der Waals surface area contributed by atoms with Crippen LogP contribution in [-0.2, 0) is 0 Å². The normalized spacial score (nSPS) is 13.7. The van der Waals surface area contributed by atoms with Gasteiger partial charge in [0.25, 0.3) is 0 Å². The summed E-state index contributed by atoms with van der Waals surface area (Å²) in [4.78, 5) is 12.2. The van der Waals surface area contributed by atoms with Crippen molar-refractivity contribution in [2.24, 2.45) is 4.95 Å². The first-order valence-corrected chi connectivity index (χ1v) is 3.30. The van der Waals surface area contributed by atoms with Crippen LogP contribution < -0.4 is 5.09 Å². The average molecular weight is 106 g/mol. The van der Waals surface area contributed by atoms with E-state index < -0.39 is 8.22 Å². The molecule has 0 aliphatic heterocycles. The van der Waals surface area contributed by atoms with Crippen molar-refractivity contribution < 1.29 is 0 Å². The van der Waals surface area contributed by atoms with E-state index in [4.69, 9.17) is 0 Å². The highest BCUT2D eigenvalue weighted by atomic mass is 31.1. The van der Waals surface area contributed by atoms with Gasteiger partial charge in [-0.1, -0.05) is 0 Å². The van der Waals surface area contributed by atoms with E-state index in [1.165, 1.54) is 0 Å². The second kappa shape index (κ2) is 3.19. The fraction of sp³-hybridized carbons (Fsp3) is 1.00. The zero-order valence-electron chi connectivity index (χ0n) is 3.80. The predicted octanol–water partition coefficient (Wildman–Crippen LogP) is 0.914. The van der Waals surface area contributed by atoms with Crippen LogP contribution in [0.25, 0.3) is 0 Å². The maximum Gasteiger partial charge on any atom is 0.132 e. The average Bonchev–Trinajstić information content (AvgIpc) is 1.65. The molecular weight excluding hydrogens is 99.0 g/mol. The van der Waals surface area contributed by atoms with Gasteiger partial charge in [-0.2, -0.15) is 0 Å². The second-order valence-corrected chi connectivity index (χ2v) is 2.49. The number of nitrogens with zero attached hydrogens (tertiary/aromatic N) is 1. The van der Waals surface area contributed by atoms with Gasteiger partial charge in [-0.3, -0.25) is 5.09 Å². The van der Waals surface area contributed by atoms with Gasteiger partial charge in [0.1, 0.15) is 8.22 Å². The van der Waals surface area contributed by atoms with Crippen LogP contribution >= 0.6 is 8.22 Å². The summed E-state index contributed by atoms with van der Waals surface area (Å²) in [7, 11) is 0.959. The second-order valence-electron chi connectivity index (χ2n) is 0.829. The lowest BCUT2D eigenvalue weighted by Gasteiger charge is -1.91. The molecule has 4 heteroatoms. The van der Waals surface area contributed by atoms with E-state index in [-0.39, 0.29) is 0 Å². The van der Waals surface area contributed by atoms with Gasteiger partial charge in [0.15, 0.2) is 0 Å². The van der Waals surface area contributed by atoms with Crippen LogP contribution in [0.4, 0.5) is 0 Å². The number of rotatable bonds is 2. The first-order valence-electron chi connectivity index (χ1n) is 1.55. The molecule has 36 valence electrons. The summed E-state index contributed by atoms with van der Waals surface area (Å²) in [5.41, 5.74) is 0. The number of nitrogens with one attached hydrogen (secondary N) is 1. The third kappa shape index (κ3) is 2.24. The number of hydrogen-bond donors (Lipinski definition) is 1. The molecule has 0 saturated heterocycles. The van der Waals surface area contributed by atoms with Gasteiger partial charge in [-0.25, -0.2) is 0 Å². The Hall–Kier alpha value is -0.0100. The lowest BCUT2D eigenvalue weighted by molar-refractivity contribution is 1.25. The Labute approximate surface area is 38.0 Å². The molecule has 0 fully saturated rings. The minimum absolute atomic E-state index is 0.757. The molecule has 0 heterocycles. The zero-order chi connectivity index (χ0) is 4.99. The molecule has 0 spiro atoms. The van der Waals surface area contributed by atoms with E-state index in [9.17, 15) is 4.91 Å². The van der Waals surface area contributed by atoms with Gasteiger partial charge >= 0.3 is 0 Å². The van der Waals surface area contributed by atoms with Gasteiger partial charge in [-0.05, 0) is 18.7 Å². The Morgan fingerprint density at radius 3 is 2.33 bits per heavy atom. The van der Waals surface area contributed by atoms with Crippen LogP contribution in [-0.4, -0.2) is 13.7 Å². The maximum atomic E-state index is 9.45. The fourth-order valence-electron chi connectivity index (χ4n) is 0.0408. The standard InChI is InChI=1S/C2H7N2OP/c1-3-6(2)4-5/h3H,1-2H3. The molecule has 0 amide bonds. The van der Waals surface area contributed by atoms with E-state index in [1.807, 2.05) is 0 Å². The molecule has 0 aromatic rings. The molecule has 0 aromatic carbocycles. The molecule has 1 atom stereocenters. The predicted molar refractivity (Wildman–Crippen MR) is 27.7 cm³/mol. The highest BCUT2D eigenvalue weighted by Crippen LogP contribution is 2.22. The Kier molecular flexibility index (Phi) is 3.19. The van der Waals surface area contributed by atoms with E-state index in [2.05, 4.69) is 10.0 Å². The van der Waals surface area contributed by atoms with Gasteiger partial charge in [0.2, 0.25) is 0 Å². The first-order chi connectivity index (χ1) is 2.81. The van der Waals surface area contributed by atoms with Crippen molar-refractivity contribution >= 4 is 8.22 Å². The summed E-state index contributed by atoms with van der Waals surface area (Å²) in [5.74, 6) is 0. The van der Waals surface area contributed by atoms with Crippen LogP contribution in [0.2, 0.25) is 0 Å². The van der Waals surface area contributed by atoms with Gasteiger partial charge in [0, 0.05) is 0 Å². The van der Waals surface area contributed by atoms with Crippen molar-refractivity contribution in [3.63, 3.8) is 0 Å². The highest BCUT2D eigenvalue weighted by molar-refractivity contribution is 7.53. The molecule has 1 N–H and O–H groups in total. The summed E-state index contributed by atoms with van der Waals surface area (Å²) < 4.78 is 0. The number of nitroso groups, excluding NO2 is 1. The molecule has 0 bridgehead atoms. The topological polar surface area (TPSA) is 41.5 Å². The molecule has 1 unspecified atom stereocenters. The van der Waals surface area contributed by atoms with Crippen molar-refractivity contribution in [1.82, 2.24) is 5.09 Å². The van der Waals surface area contributed by atoms with Crippen LogP contribution in [0.3, 0.4) is 0 Å². The molecule has 3 nitrogen and oxygen atoms in total. The van der Waals surface area contributed by atoms with Crippen LogP contribution in [0.1, 0.15) is 0 Å². The summed E-state index contributed by atoms with van der Waals surface area (Å²) in [6.45, 7) is 1.75. The van der Waals surface area contributed by atoms with E-state index in [1.54, 1.807) is 13.7 Å². The molecular formula is C2H7N2OP. The van der Waals surface area contributed by atoms with Crippen LogP contribution in [0.5, 0.6) is 0 Å². The molecule has 0 aliphatic rings. The SMILES string of the molecule is CNP(C)N=O. The molecule has 0 aromatic heterocycles. The molecule has 0 radical (unpaired) electrons. The van der Waals surface area contributed by atoms with E-state index in [0.717, 1.165) is 0 Å². The Balaban J connectivity index is 2.96. The highest BCUT2D eigenvalue weighted by Gasteiger charge is 1.88. The van der Waals surface area contributed by atoms with Crippen molar-refractivity contribution in [2.45, 2.75) is 0 Å². The minimum Gasteiger partial charge on any atom is -0.278 e. The first kappa shape index (κ1) is 5.99. The largest absolute Gasteiger partial charge is 0.278 e. The van der Waals surface area contributed by atoms with Gasteiger partial charge < -0.3 is 0 Å².